The molecule has 2 atom stereocenters. The van der Waals surface area contributed by atoms with Gasteiger partial charge in [-0.2, -0.15) is 11.8 Å². The van der Waals surface area contributed by atoms with E-state index in [9.17, 15) is 0 Å². The first-order chi connectivity index (χ1) is 9.56. The fourth-order valence-electron chi connectivity index (χ4n) is 1.90. The van der Waals surface area contributed by atoms with Crippen molar-refractivity contribution in [1.82, 2.24) is 5.32 Å². The Hall–Kier alpha value is 0.110. The summed E-state index contributed by atoms with van der Waals surface area (Å²) >= 11 is 14.4. The SMILES string of the molecule is CCCNC(CSC(C)CC)Cc1cc(Cl)ccc1Cl. The smallest absolute Gasteiger partial charge is 0.0439 e. The average Bonchev–Trinajstić information content (AvgIpc) is 2.45. The van der Waals surface area contributed by atoms with Gasteiger partial charge in [-0.1, -0.05) is 44.0 Å². The van der Waals surface area contributed by atoms with Crippen LogP contribution in [0.4, 0.5) is 0 Å². The normalized spacial score (nSPS) is 14.2. The number of hydrogen-bond acceptors (Lipinski definition) is 2. The highest BCUT2D eigenvalue weighted by Crippen LogP contribution is 2.23. The molecule has 0 amide bonds. The molecule has 0 saturated carbocycles. The van der Waals surface area contributed by atoms with E-state index in [4.69, 9.17) is 23.2 Å². The summed E-state index contributed by atoms with van der Waals surface area (Å²) in [7, 11) is 0. The molecule has 0 aliphatic heterocycles. The molecule has 0 radical (unpaired) electrons. The van der Waals surface area contributed by atoms with Crippen molar-refractivity contribution in [3.05, 3.63) is 33.8 Å². The second-order valence-corrected chi connectivity index (χ2v) is 7.46. The van der Waals surface area contributed by atoms with Crippen molar-refractivity contribution in [2.24, 2.45) is 0 Å². The van der Waals surface area contributed by atoms with Crippen molar-refractivity contribution in [3.63, 3.8) is 0 Å². The molecule has 0 spiro atoms. The van der Waals surface area contributed by atoms with Gasteiger partial charge in [0.15, 0.2) is 0 Å². The van der Waals surface area contributed by atoms with Gasteiger partial charge in [0.05, 0.1) is 0 Å². The summed E-state index contributed by atoms with van der Waals surface area (Å²) < 4.78 is 0. The third-order valence-corrected chi connectivity index (χ3v) is 5.41. The fourth-order valence-corrected chi connectivity index (χ4v) is 3.32. The monoisotopic (exact) mass is 333 g/mol. The first-order valence-corrected chi connectivity index (χ1v) is 9.16. The zero-order chi connectivity index (χ0) is 15.0. The van der Waals surface area contributed by atoms with Crippen LogP contribution in [0.25, 0.3) is 0 Å². The second kappa shape index (κ2) is 9.94. The molecule has 4 heteroatoms. The van der Waals surface area contributed by atoms with Gasteiger partial charge in [0, 0.05) is 27.1 Å². The van der Waals surface area contributed by atoms with Crippen molar-refractivity contribution in [1.29, 1.82) is 0 Å². The Labute approximate surface area is 137 Å². The molecule has 0 heterocycles. The summed E-state index contributed by atoms with van der Waals surface area (Å²) in [5, 5.41) is 5.89. The molecule has 0 saturated heterocycles. The summed E-state index contributed by atoms with van der Waals surface area (Å²) in [6, 6.07) is 6.16. The van der Waals surface area contributed by atoms with Crippen LogP contribution < -0.4 is 5.32 Å². The molecule has 0 fully saturated rings. The third kappa shape index (κ3) is 6.71. The van der Waals surface area contributed by atoms with Crippen LogP contribution in [0.3, 0.4) is 0 Å². The van der Waals surface area contributed by atoms with Gasteiger partial charge in [0.25, 0.3) is 0 Å². The van der Waals surface area contributed by atoms with Crippen molar-refractivity contribution in [3.8, 4) is 0 Å². The Bertz CT molecular complexity index is 398. The molecule has 1 N–H and O–H groups in total. The van der Waals surface area contributed by atoms with Gasteiger partial charge in [-0.05, 0) is 49.6 Å². The summed E-state index contributed by atoms with van der Waals surface area (Å²) in [4.78, 5) is 0. The van der Waals surface area contributed by atoms with E-state index >= 15 is 0 Å². The van der Waals surface area contributed by atoms with Crippen LogP contribution in [0.5, 0.6) is 0 Å². The molecule has 1 aromatic rings. The predicted octanol–water partition coefficient (Wildman–Crippen LogP) is 5.44. The van der Waals surface area contributed by atoms with E-state index in [0.717, 1.165) is 40.7 Å². The quantitative estimate of drug-likeness (QED) is 0.646. The molecular weight excluding hydrogens is 309 g/mol. The first kappa shape index (κ1) is 18.2. The van der Waals surface area contributed by atoms with Gasteiger partial charge >= 0.3 is 0 Å². The summed E-state index contributed by atoms with van der Waals surface area (Å²) in [6.45, 7) is 7.76. The summed E-state index contributed by atoms with van der Waals surface area (Å²) in [5.41, 5.74) is 1.14. The van der Waals surface area contributed by atoms with Crippen LogP contribution in [-0.2, 0) is 6.42 Å². The highest BCUT2D eigenvalue weighted by atomic mass is 35.5. The molecule has 2 unspecified atom stereocenters. The molecule has 0 aromatic heterocycles. The Morgan fingerprint density at radius 3 is 2.65 bits per heavy atom. The highest BCUT2D eigenvalue weighted by Gasteiger charge is 2.13. The van der Waals surface area contributed by atoms with Gasteiger partial charge in [0.1, 0.15) is 0 Å². The van der Waals surface area contributed by atoms with Gasteiger partial charge in [-0.3, -0.25) is 0 Å². The molecule has 1 aromatic carbocycles. The van der Waals surface area contributed by atoms with E-state index in [1.165, 1.54) is 6.42 Å². The van der Waals surface area contributed by atoms with E-state index in [1.807, 2.05) is 30.0 Å². The minimum Gasteiger partial charge on any atom is -0.313 e. The zero-order valence-corrected chi connectivity index (χ0v) is 14.9. The molecule has 0 aliphatic rings. The zero-order valence-electron chi connectivity index (χ0n) is 12.6. The maximum absolute atomic E-state index is 6.27. The lowest BCUT2D eigenvalue weighted by molar-refractivity contribution is 0.549. The van der Waals surface area contributed by atoms with E-state index < -0.39 is 0 Å². The number of thioether (sulfide) groups is 1. The fraction of sp³-hybridized carbons (Fsp3) is 0.625. The van der Waals surface area contributed by atoms with Crippen LogP contribution in [0.1, 0.15) is 39.2 Å². The number of hydrogen-bond donors (Lipinski definition) is 1. The van der Waals surface area contributed by atoms with Crippen molar-refractivity contribution in [2.75, 3.05) is 12.3 Å². The van der Waals surface area contributed by atoms with E-state index in [1.54, 1.807) is 0 Å². The minimum atomic E-state index is 0.449. The molecule has 1 rings (SSSR count). The lowest BCUT2D eigenvalue weighted by Gasteiger charge is -2.21. The van der Waals surface area contributed by atoms with E-state index in [0.29, 0.717) is 11.3 Å². The van der Waals surface area contributed by atoms with Crippen LogP contribution in [0, 0.1) is 0 Å². The average molecular weight is 334 g/mol. The maximum atomic E-state index is 6.27. The van der Waals surface area contributed by atoms with Gasteiger partial charge in [0.2, 0.25) is 0 Å². The molecule has 20 heavy (non-hydrogen) atoms. The minimum absolute atomic E-state index is 0.449. The van der Waals surface area contributed by atoms with Crippen molar-refractivity contribution in [2.45, 2.75) is 51.3 Å². The van der Waals surface area contributed by atoms with Crippen LogP contribution in [0.15, 0.2) is 18.2 Å². The molecule has 0 aliphatic carbocycles. The molecule has 1 nitrogen and oxygen atoms in total. The van der Waals surface area contributed by atoms with E-state index in [2.05, 4.69) is 26.1 Å². The molecule has 0 bridgehead atoms. The number of nitrogens with one attached hydrogen (secondary N) is 1. The Morgan fingerprint density at radius 1 is 1.25 bits per heavy atom. The Balaban J connectivity index is 2.65. The number of benzene rings is 1. The predicted molar refractivity (Wildman–Crippen MR) is 94.5 cm³/mol. The van der Waals surface area contributed by atoms with Gasteiger partial charge in [-0.25, -0.2) is 0 Å². The largest absolute Gasteiger partial charge is 0.313 e. The third-order valence-electron chi connectivity index (χ3n) is 3.31. The topological polar surface area (TPSA) is 12.0 Å². The maximum Gasteiger partial charge on any atom is 0.0439 e. The van der Waals surface area contributed by atoms with Crippen LogP contribution in [-0.4, -0.2) is 23.6 Å². The van der Waals surface area contributed by atoms with Crippen molar-refractivity contribution >= 4 is 35.0 Å². The van der Waals surface area contributed by atoms with Gasteiger partial charge < -0.3 is 5.32 Å². The van der Waals surface area contributed by atoms with Crippen LogP contribution in [0.2, 0.25) is 10.0 Å². The lowest BCUT2D eigenvalue weighted by atomic mass is 10.1. The number of rotatable bonds is 9. The Kier molecular flexibility index (Phi) is 9.03. The molecule has 114 valence electrons. The lowest BCUT2D eigenvalue weighted by Crippen LogP contribution is -2.34. The van der Waals surface area contributed by atoms with Crippen LogP contribution >= 0.6 is 35.0 Å². The Morgan fingerprint density at radius 2 is 2.00 bits per heavy atom. The number of halogens is 2. The van der Waals surface area contributed by atoms with Crippen molar-refractivity contribution < 1.29 is 0 Å². The summed E-state index contributed by atoms with van der Waals surface area (Å²) in [6.07, 6.45) is 3.29. The standard InChI is InChI=1S/C16H25Cl2NS/c1-4-8-19-15(11-20-12(3)5-2)10-13-9-14(17)6-7-16(13)18/h6-7,9,12,15,19H,4-5,8,10-11H2,1-3H3. The second-order valence-electron chi connectivity index (χ2n) is 5.14. The van der Waals surface area contributed by atoms with E-state index in [-0.39, 0.29) is 0 Å². The highest BCUT2D eigenvalue weighted by molar-refractivity contribution is 7.99. The molecular formula is C16H25Cl2NS. The van der Waals surface area contributed by atoms with Gasteiger partial charge in [-0.15, -0.1) is 0 Å². The summed E-state index contributed by atoms with van der Waals surface area (Å²) in [5.74, 6) is 1.11. The first-order valence-electron chi connectivity index (χ1n) is 7.35.